The number of rotatable bonds is 2. The molecule has 0 saturated heterocycles. The van der Waals surface area contributed by atoms with Gasteiger partial charge in [0.1, 0.15) is 5.65 Å². The first-order chi connectivity index (χ1) is 10.3. The van der Waals surface area contributed by atoms with E-state index in [1.165, 1.54) is 11.3 Å². The Bertz CT molecular complexity index is 825. The molecular weight excluding hydrogens is 266 g/mol. The van der Waals surface area contributed by atoms with E-state index in [9.17, 15) is 4.79 Å². The van der Waals surface area contributed by atoms with Crippen LogP contribution in [-0.4, -0.2) is 25.3 Å². The molecule has 1 amide bonds. The van der Waals surface area contributed by atoms with Crippen LogP contribution in [-0.2, 0) is 12.8 Å². The normalized spacial score (nSPS) is 13.3. The molecule has 1 N–H and O–H groups in total. The molecule has 104 valence electrons. The van der Waals surface area contributed by atoms with E-state index in [0.717, 1.165) is 19.3 Å². The molecule has 3 heterocycles. The first kappa shape index (κ1) is 12.0. The van der Waals surface area contributed by atoms with Crippen LogP contribution in [0.3, 0.4) is 0 Å². The summed E-state index contributed by atoms with van der Waals surface area (Å²) in [5.41, 5.74) is 3.73. The zero-order valence-electron chi connectivity index (χ0n) is 11.3. The molecule has 1 aliphatic carbocycles. The van der Waals surface area contributed by atoms with E-state index in [-0.39, 0.29) is 5.91 Å². The Balaban J connectivity index is 1.78. The molecule has 3 aromatic heterocycles. The van der Waals surface area contributed by atoms with Gasteiger partial charge in [0.15, 0.2) is 0 Å². The number of carbonyl (C=O) groups excluding carboxylic acids is 1. The van der Waals surface area contributed by atoms with Crippen LogP contribution in [0.15, 0.2) is 36.9 Å². The maximum Gasteiger partial charge on any atom is 0.261 e. The lowest BCUT2D eigenvalue weighted by Crippen LogP contribution is -2.16. The molecule has 0 aromatic carbocycles. The maximum absolute atomic E-state index is 12.5. The molecule has 3 aromatic rings. The Morgan fingerprint density at radius 2 is 2.00 bits per heavy atom. The predicted octanol–water partition coefficient (Wildman–Crippen LogP) is 1.87. The number of fused-ring (bicyclic) bond motifs is 3. The fourth-order valence-corrected chi connectivity index (χ4v) is 2.84. The zero-order valence-corrected chi connectivity index (χ0v) is 11.3. The highest BCUT2D eigenvalue weighted by molar-refractivity contribution is 6.07. The number of hydrogen-bond acceptors (Lipinski definition) is 4. The average Bonchev–Trinajstić information content (AvgIpc) is 3.15. The van der Waals surface area contributed by atoms with E-state index in [1.54, 1.807) is 24.7 Å². The summed E-state index contributed by atoms with van der Waals surface area (Å²) in [5.74, 6) is 0.0693. The highest BCUT2D eigenvalue weighted by Crippen LogP contribution is 2.26. The Morgan fingerprint density at radius 1 is 1.14 bits per heavy atom. The van der Waals surface area contributed by atoms with Crippen LogP contribution in [0, 0.1) is 0 Å². The molecule has 0 aliphatic heterocycles. The Hall–Kier alpha value is -2.76. The van der Waals surface area contributed by atoms with Gasteiger partial charge in [-0.25, -0.2) is 15.0 Å². The van der Waals surface area contributed by atoms with Crippen LogP contribution < -0.4 is 5.32 Å². The van der Waals surface area contributed by atoms with Gasteiger partial charge in [-0.05, 0) is 37.0 Å². The largest absolute Gasteiger partial charge is 0.303 e. The summed E-state index contributed by atoms with van der Waals surface area (Å²) in [6.07, 6.45) is 9.98. The van der Waals surface area contributed by atoms with Gasteiger partial charge >= 0.3 is 0 Å². The zero-order chi connectivity index (χ0) is 14.2. The predicted molar refractivity (Wildman–Crippen MR) is 77.2 cm³/mol. The van der Waals surface area contributed by atoms with Crippen LogP contribution >= 0.6 is 0 Å². The molecule has 0 spiro atoms. The molecule has 21 heavy (non-hydrogen) atoms. The summed E-state index contributed by atoms with van der Waals surface area (Å²) < 4.78 is 2.02. The van der Waals surface area contributed by atoms with E-state index >= 15 is 0 Å². The topological polar surface area (TPSA) is 72.2 Å². The standard InChI is InChI=1S/C15H13N5O/c21-14(19-15-17-5-2-6-18-15)11-9-10-3-1-4-12(10)20-8-7-16-13(11)20/h2,5-9H,1,3-4H2,(H,17,18,19,21). The highest BCUT2D eigenvalue weighted by atomic mass is 16.1. The van der Waals surface area contributed by atoms with E-state index in [4.69, 9.17) is 0 Å². The van der Waals surface area contributed by atoms with E-state index < -0.39 is 0 Å². The smallest absolute Gasteiger partial charge is 0.261 e. The van der Waals surface area contributed by atoms with Crippen molar-refractivity contribution in [2.75, 3.05) is 5.32 Å². The Morgan fingerprint density at radius 3 is 2.86 bits per heavy atom. The van der Waals surface area contributed by atoms with E-state index in [0.29, 0.717) is 17.2 Å². The third kappa shape index (κ3) is 1.96. The fourth-order valence-electron chi connectivity index (χ4n) is 2.84. The Kier molecular flexibility index (Phi) is 2.67. The number of nitrogens with zero attached hydrogens (tertiary/aromatic N) is 4. The van der Waals surface area contributed by atoms with Gasteiger partial charge in [0.05, 0.1) is 5.56 Å². The number of imidazole rings is 1. The number of carbonyl (C=O) groups is 1. The lowest BCUT2D eigenvalue weighted by Gasteiger charge is -2.09. The molecular formula is C15H13N5O. The number of pyridine rings is 1. The minimum atomic E-state index is -0.230. The molecule has 0 fully saturated rings. The van der Waals surface area contributed by atoms with Crippen molar-refractivity contribution in [2.24, 2.45) is 0 Å². The van der Waals surface area contributed by atoms with Crippen molar-refractivity contribution in [3.8, 4) is 0 Å². The van der Waals surface area contributed by atoms with Crippen molar-refractivity contribution in [1.82, 2.24) is 19.4 Å². The van der Waals surface area contributed by atoms with Crippen LogP contribution in [0.4, 0.5) is 5.95 Å². The van der Waals surface area contributed by atoms with Crippen molar-refractivity contribution in [3.05, 3.63) is 53.7 Å². The molecule has 0 saturated carbocycles. The Labute approximate surface area is 120 Å². The average molecular weight is 279 g/mol. The minimum Gasteiger partial charge on any atom is -0.303 e. The SMILES string of the molecule is O=C(Nc1ncccn1)c1cc2c(n3ccnc13)CCC2. The molecule has 0 radical (unpaired) electrons. The first-order valence-corrected chi connectivity index (χ1v) is 6.89. The van der Waals surface area contributed by atoms with Gasteiger partial charge in [-0.3, -0.25) is 10.1 Å². The van der Waals surface area contributed by atoms with Crippen molar-refractivity contribution >= 4 is 17.5 Å². The highest BCUT2D eigenvalue weighted by Gasteiger charge is 2.21. The monoisotopic (exact) mass is 279 g/mol. The van der Waals surface area contributed by atoms with Crippen LogP contribution in [0.2, 0.25) is 0 Å². The van der Waals surface area contributed by atoms with Crippen LogP contribution in [0.25, 0.3) is 5.65 Å². The van der Waals surface area contributed by atoms with E-state index in [2.05, 4.69) is 20.3 Å². The molecule has 4 rings (SSSR count). The lowest BCUT2D eigenvalue weighted by molar-refractivity contribution is 0.102. The van der Waals surface area contributed by atoms with Crippen molar-refractivity contribution < 1.29 is 4.79 Å². The summed E-state index contributed by atoms with van der Waals surface area (Å²) >= 11 is 0. The van der Waals surface area contributed by atoms with Gasteiger partial charge in [-0.1, -0.05) is 0 Å². The second-order valence-corrected chi connectivity index (χ2v) is 5.03. The molecule has 6 heteroatoms. The second kappa shape index (κ2) is 4.66. The molecule has 1 aliphatic rings. The van der Waals surface area contributed by atoms with Crippen LogP contribution in [0.5, 0.6) is 0 Å². The minimum absolute atomic E-state index is 0.230. The van der Waals surface area contributed by atoms with Gasteiger partial charge in [0, 0.05) is 30.5 Å². The van der Waals surface area contributed by atoms with Gasteiger partial charge in [0.2, 0.25) is 5.95 Å². The van der Waals surface area contributed by atoms with E-state index in [1.807, 2.05) is 16.7 Å². The molecule has 6 nitrogen and oxygen atoms in total. The molecule has 0 bridgehead atoms. The third-order valence-electron chi connectivity index (χ3n) is 3.76. The number of aromatic nitrogens is 4. The number of amides is 1. The number of aryl methyl sites for hydroxylation is 2. The van der Waals surface area contributed by atoms with Crippen LogP contribution in [0.1, 0.15) is 28.0 Å². The quantitative estimate of drug-likeness (QED) is 0.777. The van der Waals surface area contributed by atoms with Crippen molar-refractivity contribution in [2.45, 2.75) is 19.3 Å². The molecule has 0 unspecified atom stereocenters. The summed E-state index contributed by atoms with van der Waals surface area (Å²) in [6, 6.07) is 3.65. The van der Waals surface area contributed by atoms with Crippen molar-refractivity contribution in [3.63, 3.8) is 0 Å². The summed E-state index contributed by atoms with van der Waals surface area (Å²) in [6.45, 7) is 0. The van der Waals surface area contributed by atoms with Gasteiger partial charge in [0.25, 0.3) is 5.91 Å². The van der Waals surface area contributed by atoms with Gasteiger partial charge < -0.3 is 4.40 Å². The maximum atomic E-state index is 12.5. The summed E-state index contributed by atoms with van der Waals surface area (Å²) in [5, 5.41) is 2.72. The first-order valence-electron chi connectivity index (χ1n) is 6.89. The molecule has 0 atom stereocenters. The van der Waals surface area contributed by atoms with Crippen molar-refractivity contribution in [1.29, 1.82) is 0 Å². The fraction of sp³-hybridized carbons (Fsp3) is 0.200. The summed E-state index contributed by atoms with van der Waals surface area (Å²) in [4.78, 5) is 24.8. The lowest BCUT2D eigenvalue weighted by atomic mass is 10.1. The third-order valence-corrected chi connectivity index (χ3v) is 3.76. The van der Waals surface area contributed by atoms with Gasteiger partial charge in [-0.2, -0.15) is 0 Å². The number of anilines is 1. The summed E-state index contributed by atoms with van der Waals surface area (Å²) in [7, 11) is 0. The number of hydrogen-bond donors (Lipinski definition) is 1. The van der Waals surface area contributed by atoms with Gasteiger partial charge in [-0.15, -0.1) is 0 Å². The second-order valence-electron chi connectivity index (χ2n) is 5.03. The number of nitrogens with one attached hydrogen (secondary N) is 1.